The quantitative estimate of drug-likeness (QED) is 0.551. The van der Waals surface area contributed by atoms with Crippen molar-refractivity contribution in [3.05, 3.63) is 29.8 Å². The molecular formula is C15H21N3O3. The molecule has 0 saturated carbocycles. The van der Waals surface area contributed by atoms with Gasteiger partial charge < -0.3 is 10.4 Å². The fraction of sp³-hybridized carbons (Fsp3) is 0.400. The third kappa shape index (κ3) is 5.64. The van der Waals surface area contributed by atoms with E-state index in [1.807, 2.05) is 13.8 Å². The summed E-state index contributed by atoms with van der Waals surface area (Å²) in [4.78, 5) is 23.4. The van der Waals surface area contributed by atoms with Crippen LogP contribution in [0.4, 0.5) is 0 Å². The number of amides is 2. The van der Waals surface area contributed by atoms with Crippen molar-refractivity contribution in [2.45, 2.75) is 39.7 Å². The normalized spacial score (nSPS) is 12.6. The average Bonchev–Trinajstić information content (AvgIpc) is 2.44. The van der Waals surface area contributed by atoms with E-state index in [1.54, 1.807) is 19.1 Å². The van der Waals surface area contributed by atoms with Gasteiger partial charge in [0.05, 0.1) is 12.0 Å². The van der Waals surface area contributed by atoms with Crippen molar-refractivity contribution >= 4 is 17.5 Å². The zero-order chi connectivity index (χ0) is 15.8. The number of nitrogens with one attached hydrogen (secondary N) is 2. The van der Waals surface area contributed by atoms with Crippen molar-refractivity contribution in [2.75, 3.05) is 0 Å². The fourth-order valence-electron chi connectivity index (χ4n) is 1.57. The zero-order valence-electron chi connectivity index (χ0n) is 12.5. The van der Waals surface area contributed by atoms with Crippen LogP contribution in [0.5, 0.6) is 5.75 Å². The molecule has 1 rings (SSSR count). The second kappa shape index (κ2) is 8.04. The van der Waals surface area contributed by atoms with Gasteiger partial charge in [0.25, 0.3) is 5.91 Å². The van der Waals surface area contributed by atoms with Crippen LogP contribution in [0.15, 0.2) is 29.4 Å². The largest absolute Gasteiger partial charge is 0.507 e. The molecule has 114 valence electrons. The lowest BCUT2D eigenvalue weighted by molar-refractivity contribution is -0.120. The maximum atomic E-state index is 11.8. The van der Waals surface area contributed by atoms with Crippen LogP contribution in [0, 0.1) is 0 Å². The second-order valence-corrected chi connectivity index (χ2v) is 4.86. The molecular weight excluding hydrogens is 270 g/mol. The summed E-state index contributed by atoms with van der Waals surface area (Å²) in [5.74, 6) is -0.769. The number of para-hydroxylation sites is 1. The van der Waals surface area contributed by atoms with Gasteiger partial charge in [0.1, 0.15) is 5.75 Å². The Hall–Kier alpha value is -2.37. The molecule has 0 saturated heterocycles. The Balaban J connectivity index is 2.54. The summed E-state index contributed by atoms with van der Waals surface area (Å²) >= 11 is 0. The van der Waals surface area contributed by atoms with E-state index in [1.165, 1.54) is 12.1 Å². The SMILES string of the molecule is CCC(C)NC(=O)C/C(C)=N/NC(=O)c1ccccc1O. The first-order valence-corrected chi connectivity index (χ1v) is 6.84. The molecule has 2 amide bonds. The first-order chi connectivity index (χ1) is 9.93. The van der Waals surface area contributed by atoms with Gasteiger partial charge in [0.15, 0.2) is 0 Å². The van der Waals surface area contributed by atoms with E-state index in [0.29, 0.717) is 5.71 Å². The zero-order valence-corrected chi connectivity index (χ0v) is 12.5. The Morgan fingerprint density at radius 3 is 2.62 bits per heavy atom. The van der Waals surface area contributed by atoms with Crippen molar-refractivity contribution in [1.29, 1.82) is 0 Å². The maximum absolute atomic E-state index is 11.8. The average molecular weight is 291 g/mol. The van der Waals surface area contributed by atoms with Gasteiger partial charge in [0, 0.05) is 11.8 Å². The van der Waals surface area contributed by atoms with E-state index < -0.39 is 5.91 Å². The summed E-state index contributed by atoms with van der Waals surface area (Å²) in [7, 11) is 0. The van der Waals surface area contributed by atoms with Gasteiger partial charge >= 0.3 is 0 Å². The van der Waals surface area contributed by atoms with Gasteiger partial charge in [-0.25, -0.2) is 5.43 Å². The van der Waals surface area contributed by atoms with Crippen LogP contribution in [0.25, 0.3) is 0 Å². The Labute approximate surface area is 124 Å². The third-order valence-electron chi connectivity index (χ3n) is 2.93. The van der Waals surface area contributed by atoms with Crippen molar-refractivity contribution in [1.82, 2.24) is 10.7 Å². The minimum atomic E-state index is -0.519. The van der Waals surface area contributed by atoms with Crippen LogP contribution < -0.4 is 10.7 Å². The molecule has 0 bridgehead atoms. The minimum absolute atomic E-state index is 0.112. The molecule has 21 heavy (non-hydrogen) atoms. The summed E-state index contributed by atoms with van der Waals surface area (Å²) in [6.45, 7) is 5.56. The predicted molar refractivity (Wildman–Crippen MR) is 81.2 cm³/mol. The number of aromatic hydroxyl groups is 1. The summed E-state index contributed by atoms with van der Waals surface area (Å²) in [5, 5.41) is 16.2. The van der Waals surface area contributed by atoms with E-state index in [-0.39, 0.29) is 29.7 Å². The molecule has 0 aromatic heterocycles. The molecule has 3 N–H and O–H groups in total. The van der Waals surface area contributed by atoms with Gasteiger partial charge in [0.2, 0.25) is 5.91 Å². The Kier molecular flexibility index (Phi) is 6.39. The number of phenols is 1. The highest BCUT2D eigenvalue weighted by molar-refractivity contribution is 6.01. The fourth-order valence-corrected chi connectivity index (χ4v) is 1.57. The van der Waals surface area contributed by atoms with Crippen LogP contribution in [0.2, 0.25) is 0 Å². The molecule has 0 aliphatic rings. The number of hydrogen-bond donors (Lipinski definition) is 3. The molecule has 6 nitrogen and oxygen atoms in total. The first-order valence-electron chi connectivity index (χ1n) is 6.84. The molecule has 1 atom stereocenters. The number of rotatable bonds is 6. The van der Waals surface area contributed by atoms with E-state index in [0.717, 1.165) is 6.42 Å². The standard InChI is InChI=1S/C15H21N3O3/c1-4-10(2)16-14(20)9-11(3)17-18-15(21)12-7-5-6-8-13(12)19/h5-8,10,19H,4,9H2,1-3H3,(H,16,20)(H,18,21)/b17-11+. The molecule has 0 fully saturated rings. The lowest BCUT2D eigenvalue weighted by Crippen LogP contribution is -2.33. The Morgan fingerprint density at radius 2 is 2.00 bits per heavy atom. The van der Waals surface area contributed by atoms with E-state index in [9.17, 15) is 14.7 Å². The predicted octanol–water partition coefficient (Wildman–Crippen LogP) is 1.80. The molecule has 0 aliphatic heterocycles. The number of hydrazone groups is 1. The van der Waals surface area contributed by atoms with Crippen LogP contribution in [0.3, 0.4) is 0 Å². The summed E-state index contributed by atoms with van der Waals surface area (Å²) in [6, 6.07) is 6.29. The van der Waals surface area contributed by atoms with Gasteiger partial charge in [-0.15, -0.1) is 0 Å². The Bertz CT molecular complexity index is 541. The maximum Gasteiger partial charge on any atom is 0.275 e. The summed E-state index contributed by atoms with van der Waals surface area (Å²) in [6.07, 6.45) is 0.970. The minimum Gasteiger partial charge on any atom is -0.507 e. The third-order valence-corrected chi connectivity index (χ3v) is 2.93. The lowest BCUT2D eigenvalue weighted by Gasteiger charge is -2.11. The molecule has 0 heterocycles. The number of hydrogen-bond acceptors (Lipinski definition) is 4. The van der Waals surface area contributed by atoms with Crippen LogP contribution >= 0.6 is 0 Å². The number of carbonyl (C=O) groups excluding carboxylic acids is 2. The highest BCUT2D eigenvalue weighted by Gasteiger charge is 2.10. The summed E-state index contributed by atoms with van der Waals surface area (Å²) < 4.78 is 0. The van der Waals surface area contributed by atoms with E-state index >= 15 is 0 Å². The van der Waals surface area contributed by atoms with Gasteiger partial charge in [-0.3, -0.25) is 9.59 Å². The topological polar surface area (TPSA) is 90.8 Å². The lowest BCUT2D eigenvalue weighted by atomic mass is 10.2. The van der Waals surface area contributed by atoms with Gasteiger partial charge in [-0.1, -0.05) is 19.1 Å². The van der Waals surface area contributed by atoms with Crippen molar-refractivity contribution in [3.8, 4) is 5.75 Å². The van der Waals surface area contributed by atoms with Crippen LogP contribution in [0.1, 0.15) is 44.0 Å². The van der Waals surface area contributed by atoms with Crippen molar-refractivity contribution < 1.29 is 14.7 Å². The van der Waals surface area contributed by atoms with Crippen molar-refractivity contribution in [3.63, 3.8) is 0 Å². The van der Waals surface area contributed by atoms with Crippen molar-refractivity contribution in [2.24, 2.45) is 5.10 Å². The number of nitrogens with zero attached hydrogens (tertiary/aromatic N) is 1. The molecule has 0 aliphatic carbocycles. The van der Waals surface area contributed by atoms with E-state index in [2.05, 4.69) is 15.8 Å². The monoisotopic (exact) mass is 291 g/mol. The van der Waals surface area contributed by atoms with E-state index in [4.69, 9.17) is 0 Å². The number of benzene rings is 1. The molecule has 1 unspecified atom stereocenters. The van der Waals surface area contributed by atoms with Crippen LogP contribution in [-0.2, 0) is 4.79 Å². The van der Waals surface area contributed by atoms with Gasteiger partial charge in [-0.05, 0) is 32.4 Å². The van der Waals surface area contributed by atoms with Crippen LogP contribution in [-0.4, -0.2) is 28.7 Å². The molecule has 1 aromatic rings. The van der Waals surface area contributed by atoms with Gasteiger partial charge in [-0.2, -0.15) is 5.10 Å². The Morgan fingerprint density at radius 1 is 1.33 bits per heavy atom. The first kappa shape index (κ1) is 16.7. The molecule has 0 spiro atoms. The smallest absolute Gasteiger partial charge is 0.275 e. The highest BCUT2D eigenvalue weighted by Crippen LogP contribution is 2.14. The number of carbonyl (C=O) groups is 2. The summed E-state index contributed by atoms with van der Waals surface area (Å²) in [5.41, 5.74) is 2.94. The molecule has 0 radical (unpaired) electrons. The molecule has 1 aromatic carbocycles. The second-order valence-electron chi connectivity index (χ2n) is 4.86. The molecule has 6 heteroatoms. The highest BCUT2D eigenvalue weighted by atomic mass is 16.3. The number of phenolic OH excluding ortho intramolecular Hbond substituents is 1.